The van der Waals surface area contributed by atoms with Crippen molar-refractivity contribution in [1.82, 2.24) is 4.31 Å². The van der Waals surface area contributed by atoms with Gasteiger partial charge in [0.1, 0.15) is 0 Å². The van der Waals surface area contributed by atoms with Gasteiger partial charge in [-0.05, 0) is 54.6 Å². The first kappa shape index (κ1) is 22.6. The van der Waals surface area contributed by atoms with E-state index in [1.165, 1.54) is 67.4 Å². The van der Waals surface area contributed by atoms with Crippen LogP contribution in [0.4, 0.5) is 11.4 Å². The van der Waals surface area contributed by atoms with E-state index in [4.69, 9.17) is 0 Å². The molecule has 0 spiro atoms. The maximum atomic E-state index is 13.3. The molecule has 0 aromatic heterocycles. The predicted octanol–water partition coefficient (Wildman–Crippen LogP) is 2.37. The van der Waals surface area contributed by atoms with E-state index >= 15 is 0 Å². The number of sulfonamides is 2. The minimum Gasteiger partial charge on any atom is -0.325 e. The smallest absolute Gasteiger partial charge is 0.264 e. The van der Waals surface area contributed by atoms with Gasteiger partial charge in [-0.1, -0.05) is 0 Å². The predicted molar refractivity (Wildman–Crippen MR) is 118 cm³/mol. The van der Waals surface area contributed by atoms with Crippen molar-refractivity contribution in [1.29, 1.82) is 0 Å². The lowest BCUT2D eigenvalue weighted by molar-refractivity contribution is -0.114. The van der Waals surface area contributed by atoms with Gasteiger partial charge in [0.15, 0.2) is 0 Å². The average molecular weight is 470 g/mol. The summed E-state index contributed by atoms with van der Waals surface area (Å²) < 4.78 is 53.8. The van der Waals surface area contributed by atoms with Gasteiger partial charge >= 0.3 is 0 Å². The first-order chi connectivity index (χ1) is 14.0. The standard InChI is InChI=1S/C19H23N3O5S3/c1-13(23)20-17-12-16(6-8-19(17)28-4)30(26,27)22-10-9-14-11-15(5-7-18(14)22)29(24,25)21(2)3/h5-8,11-12H,9-10H2,1-4H3,(H,20,23). The third-order valence-corrected chi connectivity index (χ3v) is 9.17. The molecule has 0 aliphatic carbocycles. The van der Waals surface area contributed by atoms with Crippen LogP contribution in [0, 0.1) is 0 Å². The van der Waals surface area contributed by atoms with Crippen LogP contribution in [0.15, 0.2) is 51.1 Å². The van der Waals surface area contributed by atoms with Gasteiger partial charge in [0.2, 0.25) is 15.9 Å². The van der Waals surface area contributed by atoms with Crippen molar-refractivity contribution < 1.29 is 21.6 Å². The summed E-state index contributed by atoms with van der Waals surface area (Å²) in [5.74, 6) is -0.291. The minimum absolute atomic E-state index is 0.0573. The first-order valence-corrected chi connectivity index (χ1v) is 13.1. The van der Waals surface area contributed by atoms with Gasteiger partial charge in [0.25, 0.3) is 10.0 Å². The quantitative estimate of drug-likeness (QED) is 0.652. The molecule has 0 fully saturated rings. The molecule has 8 nitrogen and oxygen atoms in total. The van der Waals surface area contributed by atoms with Crippen LogP contribution in [-0.2, 0) is 31.3 Å². The summed E-state index contributed by atoms with van der Waals surface area (Å²) in [5.41, 5.74) is 1.55. The molecule has 0 saturated carbocycles. The Balaban J connectivity index is 2.02. The summed E-state index contributed by atoms with van der Waals surface area (Å²) in [4.78, 5) is 12.4. The van der Waals surface area contributed by atoms with Crippen LogP contribution in [0.25, 0.3) is 0 Å². The second kappa shape index (κ2) is 8.22. The summed E-state index contributed by atoms with van der Waals surface area (Å²) in [6.45, 7) is 1.57. The fourth-order valence-corrected chi connectivity index (χ4v) is 6.25. The highest BCUT2D eigenvalue weighted by atomic mass is 32.2. The summed E-state index contributed by atoms with van der Waals surface area (Å²) >= 11 is 1.40. The molecule has 2 aromatic rings. The molecule has 2 aromatic carbocycles. The molecule has 1 N–H and O–H groups in total. The van der Waals surface area contributed by atoms with Crippen molar-refractivity contribution in [2.75, 3.05) is 36.5 Å². The number of nitrogens with one attached hydrogen (secondary N) is 1. The number of hydrogen-bond acceptors (Lipinski definition) is 6. The van der Waals surface area contributed by atoms with E-state index in [0.29, 0.717) is 23.4 Å². The van der Waals surface area contributed by atoms with Crippen LogP contribution in [-0.4, -0.2) is 53.9 Å². The lowest BCUT2D eigenvalue weighted by Gasteiger charge is -2.21. The Kier molecular flexibility index (Phi) is 6.19. The zero-order valence-corrected chi connectivity index (χ0v) is 19.5. The van der Waals surface area contributed by atoms with Crippen LogP contribution in [0.5, 0.6) is 0 Å². The van der Waals surface area contributed by atoms with Crippen LogP contribution in [0.2, 0.25) is 0 Å². The fraction of sp³-hybridized carbons (Fsp3) is 0.316. The summed E-state index contributed by atoms with van der Waals surface area (Å²) in [6, 6.07) is 9.09. The molecule has 0 atom stereocenters. The number of carbonyl (C=O) groups is 1. The van der Waals surface area contributed by atoms with Gasteiger partial charge in [-0.2, -0.15) is 0 Å². The Labute approximate surface area is 181 Å². The maximum absolute atomic E-state index is 13.3. The molecule has 0 bridgehead atoms. The van der Waals surface area contributed by atoms with E-state index in [2.05, 4.69) is 5.32 Å². The van der Waals surface area contributed by atoms with E-state index in [1.807, 2.05) is 6.26 Å². The van der Waals surface area contributed by atoms with Crippen molar-refractivity contribution in [2.45, 2.75) is 28.0 Å². The van der Waals surface area contributed by atoms with Gasteiger partial charge in [-0.15, -0.1) is 11.8 Å². The number of nitrogens with zero attached hydrogens (tertiary/aromatic N) is 2. The van der Waals surface area contributed by atoms with E-state index in [1.54, 1.807) is 6.07 Å². The molecule has 0 saturated heterocycles. The Hall–Kier alpha value is -2.08. The van der Waals surface area contributed by atoms with Gasteiger partial charge in [-0.25, -0.2) is 21.1 Å². The Bertz CT molecular complexity index is 1210. The normalized spacial score (nSPS) is 14.1. The number of anilines is 2. The number of rotatable bonds is 6. The topological polar surface area (TPSA) is 104 Å². The van der Waals surface area contributed by atoms with Gasteiger partial charge in [0, 0.05) is 32.5 Å². The van der Waals surface area contributed by atoms with Crippen molar-refractivity contribution >= 4 is 49.1 Å². The molecule has 30 heavy (non-hydrogen) atoms. The Morgan fingerprint density at radius 1 is 1.07 bits per heavy atom. The van der Waals surface area contributed by atoms with Crippen LogP contribution in [0.3, 0.4) is 0 Å². The number of amides is 1. The highest BCUT2D eigenvalue weighted by Crippen LogP contribution is 2.36. The molecular weight excluding hydrogens is 446 g/mol. The molecule has 1 amide bonds. The molecule has 1 aliphatic heterocycles. The molecule has 1 heterocycles. The third-order valence-electron chi connectivity index (χ3n) is 4.75. The second-order valence-corrected chi connectivity index (χ2v) is 11.8. The summed E-state index contributed by atoms with van der Waals surface area (Å²) in [7, 11) is -4.60. The summed E-state index contributed by atoms with van der Waals surface area (Å²) in [5, 5.41) is 2.67. The summed E-state index contributed by atoms with van der Waals surface area (Å²) in [6.07, 6.45) is 2.25. The molecule has 1 aliphatic rings. The van der Waals surface area contributed by atoms with Crippen molar-refractivity contribution in [2.24, 2.45) is 0 Å². The average Bonchev–Trinajstić information content (AvgIpc) is 3.11. The SMILES string of the molecule is CSc1ccc(S(=O)(=O)N2CCc3cc(S(=O)(=O)N(C)C)ccc32)cc1NC(C)=O. The zero-order valence-electron chi connectivity index (χ0n) is 17.0. The molecule has 0 unspecified atom stereocenters. The number of benzene rings is 2. The van der Waals surface area contributed by atoms with Crippen LogP contribution < -0.4 is 9.62 Å². The van der Waals surface area contributed by atoms with E-state index < -0.39 is 20.0 Å². The highest BCUT2D eigenvalue weighted by molar-refractivity contribution is 7.98. The van der Waals surface area contributed by atoms with E-state index in [0.717, 1.165) is 9.20 Å². The minimum atomic E-state index is -3.89. The Morgan fingerprint density at radius 3 is 2.33 bits per heavy atom. The zero-order chi connectivity index (χ0) is 22.3. The van der Waals surface area contributed by atoms with Crippen LogP contribution >= 0.6 is 11.8 Å². The number of hydrogen-bond donors (Lipinski definition) is 1. The van der Waals surface area contributed by atoms with Crippen molar-refractivity contribution in [3.8, 4) is 0 Å². The highest BCUT2D eigenvalue weighted by Gasteiger charge is 2.32. The second-order valence-electron chi connectivity index (χ2n) is 6.95. The first-order valence-electron chi connectivity index (χ1n) is 9.02. The number of thioether (sulfide) groups is 1. The van der Waals surface area contributed by atoms with Crippen molar-refractivity contribution in [3.05, 3.63) is 42.0 Å². The monoisotopic (exact) mass is 469 g/mol. The van der Waals surface area contributed by atoms with Crippen LogP contribution in [0.1, 0.15) is 12.5 Å². The molecule has 3 rings (SSSR count). The third kappa shape index (κ3) is 4.07. The molecule has 0 radical (unpaired) electrons. The number of fused-ring (bicyclic) bond motifs is 1. The lowest BCUT2D eigenvalue weighted by Crippen LogP contribution is -2.29. The molecule has 11 heteroatoms. The van der Waals surface area contributed by atoms with Crippen molar-refractivity contribution in [3.63, 3.8) is 0 Å². The van der Waals surface area contributed by atoms with E-state index in [-0.39, 0.29) is 22.2 Å². The van der Waals surface area contributed by atoms with Gasteiger partial charge < -0.3 is 5.32 Å². The Morgan fingerprint density at radius 2 is 1.73 bits per heavy atom. The molecular formula is C19H23N3O5S3. The van der Waals surface area contributed by atoms with Gasteiger partial charge in [-0.3, -0.25) is 9.10 Å². The van der Waals surface area contributed by atoms with Gasteiger partial charge in [0.05, 0.1) is 21.2 Å². The fourth-order valence-electron chi connectivity index (χ4n) is 3.23. The lowest BCUT2D eigenvalue weighted by atomic mass is 10.2. The maximum Gasteiger partial charge on any atom is 0.264 e. The molecule has 162 valence electrons. The largest absolute Gasteiger partial charge is 0.325 e. The number of carbonyl (C=O) groups excluding carboxylic acids is 1. The van der Waals surface area contributed by atoms with E-state index in [9.17, 15) is 21.6 Å².